The zero-order chi connectivity index (χ0) is 6.57. The first-order valence-corrected chi connectivity index (χ1v) is 3.84. The maximum absolute atomic E-state index is 11.8. The van der Waals surface area contributed by atoms with Crippen molar-refractivity contribution in [3.8, 4) is 0 Å². The van der Waals surface area contributed by atoms with Crippen LogP contribution in [0.5, 0.6) is 0 Å². The van der Waals surface area contributed by atoms with E-state index < -0.39 is 16.6 Å². The Morgan fingerprint density at radius 3 is 2.50 bits per heavy atom. The van der Waals surface area contributed by atoms with Gasteiger partial charge in [-0.05, 0) is 0 Å². The average molecular weight is 136 g/mol. The molecule has 3 heteroatoms. The minimum atomic E-state index is -1.03. The lowest BCUT2D eigenvalue weighted by Crippen LogP contribution is -1.98. The first kappa shape index (κ1) is 7.82. The van der Waals surface area contributed by atoms with E-state index in [-0.39, 0.29) is 5.75 Å². The van der Waals surface area contributed by atoms with Crippen LogP contribution in [-0.4, -0.2) is 15.7 Å². The van der Waals surface area contributed by atoms with Crippen LogP contribution in [-0.2, 0) is 10.8 Å². The van der Waals surface area contributed by atoms with Crippen molar-refractivity contribution in [1.29, 1.82) is 0 Å². The van der Waals surface area contributed by atoms with Crippen molar-refractivity contribution in [2.75, 3.05) is 11.5 Å². The fraction of sp³-hybridized carbons (Fsp3) is 0.600. The maximum Gasteiger partial charge on any atom is 0.105 e. The van der Waals surface area contributed by atoms with Crippen LogP contribution in [0, 0.1) is 0 Å². The Hall–Kier alpha value is -0.180. The molecule has 0 aliphatic rings. The molecule has 0 aromatic rings. The third-order valence-electron chi connectivity index (χ3n) is 0.640. The van der Waals surface area contributed by atoms with Gasteiger partial charge in [-0.15, -0.1) is 0 Å². The highest BCUT2D eigenvalue weighted by Gasteiger charge is 1.96. The average Bonchev–Trinajstić information content (AvgIpc) is 1.65. The second-order valence-corrected chi connectivity index (χ2v) is 3.14. The van der Waals surface area contributed by atoms with Crippen LogP contribution in [0.15, 0.2) is 12.4 Å². The molecule has 0 saturated carbocycles. The van der Waals surface area contributed by atoms with Crippen molar-refractivity contribution < 1.29 is 8.60 Å². The molecule has 0 rings (SSSR count). The summed E-state index contributed by atoms with van der Waals surface area (Å²) in [7, 11) is -1.03. The van der Waals surface area contributed by atoms with Gasteiger partial charge in [-0.3, -0.25) is 4.21 Å². The number of hydrogen-bond donors (Lipinski definition) is 0. The van der Waals surface area contributed by atoms with E-state index in [4.69, 9.17) is 0 Å². The number of hydrogen-bond acceptors (Lipinski definition) is 1. The van der Waals surface area contributed by atoms with Crippen molar-refractivity contribution in [3.05, 3.63) is 12.4 Å². The van der Waals surface area contributed by atoms with Gasteiger partial charge in [0.2, 0.25) is 0 Å². The lowest BCUT2D eigenvalue weighted by Gasteiger charge is -1.90. The van der Waals surface area contributed by atoms with Crippen molar-refractivity contribution in [2.24, 2.45) is 0 Å². The standard InChI is InChI=1S/C5H9FOS/c1-3-8(7)4-5(2)6/h2-4H2,1H3. The molecule has 1 atom stereocenters. The molecule has 0 bridgehead atoms. The number of halogens is 1. The van der Waals surface area contributed by atoms with Crippen LogP contribution < -0.4 is 0 Å². The van der Waals surface area contributed by atoms with E-state index in [0.29, 0.717) is 5.75 Å². The summed E-state index contributed by atoms with van der Waals surface area (Å²) in [6, 6.07) is 0. The van der Waals surface area contributed by atoms with Gasteiger partial charge in [-0.1, -0.05) is 13.5 Å². The van der Waals surface area contributed by atoms with Crippen molar-refractivity contribution in [3.63, 3.8) is 0 Å². The van der Waals surface area contributed by atoms with Crippen LogP contribution in [0.1, 0.15) is 6.92 Å². The molecule has 0 radical (unpaired) electrons. The molecule has 0 amide bonds. The Balaban J connectivity index is 3.40. The molecule has 8 heavy (non-hydrogen) atoms. The summed E-state index contributed by atoms with van der Waals surface area (Å²) in [6.45, 7) is 4.73. The molecule has 0 aliphatic heterocycles. The van der Waals surface area contributed by atoms with Gasteiger partial charge < -0.3 is 0 Å². The smallest absolute Gasteiger partial charge is 0.105 e. The number of rotatable bonds is 3. The minimum Gasteiger partial charge on any atom is -0.259 e. The van der Waals surface area contributed by atoms with E-state index in [1.54, 1.807) is 6.92 Å². The topological polar surface area (TPSA) is 17.1 Å². The molecule has 0 saturated heterocycles. The molecule has 0 spiro atoms. The van der Waals surface area contributed by atoms with Gasteiger partial charge >= 0.3 is 0 Å². The summed E-state index contributed by atoms with van der Waals surface area (Å²) < 4.78 is 22.2. The first-order valence-electron chi connectivity index (χ1n) is 2.35. The molecule has 0 N–H and O–H groups in total. The summed E-state index contributed by atoms with van der Waals surface area (Å²) in [5, 5.41) is 0. The van der Waals surface area contributed by atoms with Gasteiger partial charge in [0.05, 0.1) is 5.75 Å². The molecule has 0 aromatic carbocycles. The SMILES string of the molecule is C=C(F)CS(=O)CC. The molecule has 0 heterocycles. The Morgan fingerprint density at radius 1 is 1.88 bits per heavy atom. The van der Waals surface area contributed by atoms with Crippen LogP contribution in [0.25, 0.3) is 0 Å². The van der Waals surface area contributed by atoms with Crippen LogP contribution in [0.4, 0.5) is 4.39 Å². The highest BCUT2D eigenvalue weighted by Crippen LogP contribution is 1.93. The van der Waals surface area contributed by atoms with Crippen LogP contribution in [0.3, 0.4) is 0 Å². The third kappa shape index (κ3) is 3.99. The molecule has 1 nitrogen and oxygen atoms in total. The molecule has 0 aromatic heterocycles. The Morgan fingerprint density at radius 2 is 2.38 bits per heavy atom. The molecular weight excluding hydrogens is 127 g/mol. The second kappa shape index (κ2) is 3.78. The zero-order valence-corrected chi connectivity index (χ0v) is 5.63. The normalized spacial score (nSPS) is 13.2. The maximum atomic E-state index is 11.8. The van der Waals surface area contributed by atoms with E-state index in [1.165, 1.54) is 0 Å². The van der Waals surface area contributed by atoms with Crippen molar-refractivity contribution in [1.82, 2.24) is 0 Å². The van der Waals surface area contributed by atoms with Gasteiger partial charge in [-0.2, -0.15) is 0 Å². The summed E-state index contributed by atoms with van der Waals surface area (Å²) in [5.74, 6) is 0.00424. The summed E-state index contributed by atoms with van der Waals surface area (Å²) in [5.41, 5.74) is 0. The van der Waals surface area contributed by atoms with Crippen molar-refractivity contribution >= 4 is 10.8 Å². The Labute approximate surface area is 51.0 Å². The van der Waals surface area contributed by atoms with Crippen molar-refractivity contribution in [2.45, 2.75) is 6.92 Å². The van der Waals surface area contributed by atoms with Gasteiger partial charge in [-0.25, -0.2) is 4.39 Å². The predicted octanol–water partition coefficient (Wildman–Crippen LogP) is 1.24. The zero-order valence-electron chi connectivity index (χ0n) is 4.82. The first-order chi connectivity index (χ1) is 3.66. The van der Waals surface area contributed by atoms with E-state index in [0.717, 1.165) is 0 Å². The van der Waals surface area contributed by atoms with Crippen LogP contribution >= 0.6 is 0 Å². The highest BCUT2D eigenvalue weighted by atomic mass is 32.2. The van der Waals surface area contributed by atoms with E-state index in [2.05, 4.69) is 6.58 Å². The predicted molar refractivity (Wildman–Crippen MR) is 33.8 cm³/mol. The van der Waals surface area contributed by atoms with Gasteiger partial charge in [0, 0.05) is 16.6 Å². The molecule has 48 valence electrons. The fourth-order valence-corrected chi connectivity index (χ4v) is 0.830. The van der Waals surface area contributed by atoms with Gasteiger partial charge in [0.25, 0.3) is 0 Å². The molecular formula is C5H9FOS. The summed E-state index contributed by atoms with van der Waals surface area (Å²) in [4.78, 5) is 0. The van der Waals surface area contributed by atoms with E-state index >= 15 is 0 Å². The lowest BCUT2D eigenvalue weighted by molar-refractivity contribution is 0.638. The van der Waals surface area contributed by atoms with Gasteiger partial charge in [0.15, 0.2) is 0 Å². The van der Waals surface area contributed by atoms with E-state index in [9.17, 15) is 8.60 Å². The fourth-order valence-electron chi connectivity index (χ4n) is 0.277. The molecule has 0 fully saturated rings. The highest BCUT2D eigenvalue weighted by molar-refractivity contribution is 7.85. The monoisotopic (exact) mass is 136 g/mol. The summed E-state index contributed by atoms with van der Waals surface area (Å²) >= 11 is 0. The van der Waals surface area contributed by atoms with Crippen LogP contribution in [0.2, 0.25) is 0 Å². The second-order valence-electron chi connectivity index (χ2n) is 1.39. The minimum absolute atomic E-state index is 0.00347. The van der Waals surface area contributed by atoms with Gasteiger partial charge in [0.1, 0.15) is 5.83 Å². The Bertz CT molecular complexity index is 111. The lowest BCUT2D eigenvalue weighted by atomic mass is 10.7. The molecule has 0 aliphatic carbocycles. The van der Waals surface area contributed by atoms with E-state index in [1.807, 2.05) is 0 Å². The molecule has 1 unspecified atom stereocenters. The largest absolute Gasteiger partial charge is 0.259 e. The summed E-state index contributed by atoms with van der Waals surface area (Å²) in [6.07, 6.45) is 0. The quantitative estimate of drug-likeness (QED) is 0.570. The Kier molecular flexibility index (Phi) is 3.69. The third-order valence-corrected chi connectivity index (χ3v) is 1.92.